The van der Waals surface area contributed by atoms with Gasteiger partial charge in [0.2, 0.25) is 15.9 Å². The van der Waals surface area contributed by atoms with Gasteiger partial charge in [-0.3, -0.25) is 4.79 Å². The smallest absolute Gasteiger partial charge is 0.223 e. The predicted molar refractivity (Wildman–Crippen MR) is 92.5 cm³/mol. The van der Waals surface area contributed by atoms with Gasteiger partial charge in [-0.15, -0.1) is 0 Å². The lowest BCUT2D eigenvalue weighted by molar-refractivity contribution is -0.127. The Morgan fingerprint density at radius 3 is 2.39 bits per heavy atom. The largest absolute Gasteiger partial charge is 0.353 e. The summed E-state index contributed by atoms with van der Waals surface area (Å²) in [7, 11) is -3.12. The third kappa shape index (κ3) is 4.69. The van der Waals surface area contributed by atoms with Crippen molar-refractivity contribution in [2.75, 3.05) is 18.8 Å². The minimum atomic E-state index is -3.12. The van der Waals surface area contributed by atoms with Gasteiger partial charge in [-0.05, 0) is 37.5 Å². The van der Waals surface area contributed by atoms with Crippen molar-refractivity contribution in [3.63, 3.8) is 0 Å². The van der Waals surface area contributed by atoms with E-state index in [1.807, 2.05) is 6.92 Å². The molecule has 0 bridgehead atoms. The molecule has 1 saturated heterocycles. The van der Waals surface area contributed by atoms with Crippen molar-refractivity contribution in [2.24, 2.45) is 17.8 Å². The van der Waals surface area contributed by atoms with Crippen LogP contribution >= 0.6 is 0 Å². The van der Waals surface area contributed by atoms with Crippen molar-refractivity contribution in [3.05, 3.63) is 0 Å². The number of hydrogen-bond acceptors (Lipinski definition) is 3. The van der Waals surface area contributed by atoms with E-state index in [0.29, 0.717) is 44.2 Å². The number of nitrogens with one attached hydrogen (secondary N) is 1. The maximum absolute atomic E-state index is 12.5. The van der Waals surface area contributed by atoms with E-state index >= 15 is 0 Å². The van der Waals surface area contributed by atoms with Gasteiger partial charge in [0.25, 0.3) is 0 Å². The first-order valence-electron chi connectivity index (χ1n) is 9.13. The van der Waals surface area contributed by atoms with Gasteiger partial charge in [0.1, 0.15) is 0 Å². The molecule has 3 atom stereocenters. The van der Waals surface area contributed by atoms with Crippen LogP contribution in [0.4, 0.5) is 0 Å². The zero-order valence-corrected chi connectivity index (χ0v) is 15.6. The van der Waals surface area contributed by atoms with E-state index < -0.39 is 10.0 Å². The molecule has 1 N–H and O–H groups in total. The van der Waals surface area contributed by atoms with Crippen LogP contribution in [0.2, 0.25) is 0 Å². The molecule has 0 aromatic rings. The van der Waals surface area contributed by atoms with Crippen LogP contribution in [0.5, 0.6) is 0 Å². The van der Waals surface area contributed by atoms with Crippen molar-refractivity contribution in [1.29, 1.82) is 0 Å². The summed E-state index contributed by atoms with van der Waals surface area (Å²) in [5.74, 6) is 1.49. The fourth-order valence-electron chi connectivity index (χ4n) is 3.87. The molecule has 2 aliphatic rings. The number of carbonyl (C=O) groups is 1. The van der Waals surface area contributed by atoms with Gasteiger partial charge in [0.05, 0.1) is 5.75 Å². The standard InChI is InChI=1S/C17H32N2O3S/c1-4-12-23(21,22)19-10-8-15(9-11-19)17(20)18-16-7-5-6-13(2)14(16)3/h13-16H,4-12H2,1-3H3,(H,18,20)/t13-,14+,16+/m0/s1. The molecule has 0 aromatic heterocycles. The minimum Gasteiger partial charge on any atom is -0.353 e. The van der Waals surface area contributed by atoms with E-state index in [2.05, 4.69) is 19.2 Å². The van der Waals surface area contributed by atoms with Crippen molar-refractivity contribution in [2.45, 2.75) is 65.3 Å². The molecule has 134 valence electrons. The van der Waals surface area contributed by atoms with Crippen LogP contribution in [-0.4, -0.2) is 43.5 Å². The van der Waals surface area contributed by atoms with Gasteiger partial charge in [-0.2, -0.15) is 0 Å². The van der Waals surface area contributed by atoms with E-state index in [9.17, 15) is 13.2 Å². The number of amides is 1. The summed E-state index contributed by atoms with van der Waals surface area (Å²) in [6.07, 6.45) is 5.43. The average Bonchev–Trinajstić information content (AvgIpc) is 2.52. The molecule has 0 spiro atoms. The lowest BCUT2D eigenvalue weighted by Gasteiger charge is -2.36. The SMILES string of the molecule is CCCS(=O)(=O)N1CCC(C(=O)N[C@@H]2CCC[C@H](C)[C@H]2C)CC1. The Morgan fingerprint density at radius 2 is 1.78 bits per heavy atom. The highest BCUT2D eigenvalue weighted by molar-refractivity contribution is 7.89. The Balaban J connectivity index is 1.84. The Labute approximate surface area is 141 Å². The Bertz CT molecular complexity index is 498. The summed E-state index contributed by atoms with van der Waals surface area (Å²) >= 11 is 0. The van der Waals surface area contributed by atoms with Crippen molar-refractivity contribution in [1.82, 2.24) is 9.62 Å². The van der Waals surface area contributed by atoms with E-state index in [-0.39, 0.29) is 23.6 Å². The van der Waals surface area contributed by atoms with Gasteiger partial charge in [-0.1, -0.05) is 33.6 Å². The molecular formula is C17H32N2O3S. The molecule has 1 saturated carbocycles. The second-order valence-electron chi connectivity index (χ2n) is 7.37. The number of nitrogens with zero attached hydrogens (tertiary/aromatic N) is 1. The maximum Gasteiger partial charge on any atom is 0.223 e. The second-order valence-corrected chi connectivity index (χ2v) is 9.46. The van der Waals surface area contributed by atoms with Crippen LogP contribution in [0.3, 0.4) is 0 Å². The molecule has 23 heavy (non-hydrogen) atoms. The summed E-state index contributed by atoms with van der Waals surface area (Å²) in [5.41, 5.74) is 0. The van der Waals surface area contributed by atoms with E-state index in [1.165, 1.54) is 12.8 Å². The van der Waals surface area contributed by atoms with Crippen molar-refractivity contribution >= 4 is 15.9 Å². The normalized spacial score (nSPS) is 31.0. The quantitative estimate of drug-likeness (QED) is 0.833. The fourth-order valence-corrected chi connectivity index (χ4v) is 5.41. The van der Waals surface area contributed by atoms with Gasteiger partial charge in [0, 0.05) is 25.0 Å². The van der Waals surface area contributed by atoms with Gasteiger partial charge < -0.3 is 5.32 Å². The molecule has 0 radical (unpaired) electrons. The lowest BCUT2D eigenvalue weighted by Crippen LogP contribution is -2.48. The summed E-state index contributed by atoms with van der Waals surface area (Å²) in [5, 5.41) is 3.24. The van der Waals surface area contributed by atoms with Gasteiger partial charge in [-0.25, -0.2) is 12.7 Å². The van der Waals surface area contributed by atoms with Gasteiger partial charge >= 0.3 is 0 Å². The number of rotatable bonds is 5. The first-order valence-corrected chi connectivity index (χ1v) is 10.7. The molecule has 1 aliphatic carbocycles. The Kier molecular flexibility index (Phi) is 6.48. The van der Waals surface area contributed by atoms with E-state index in [0.717, 1.165) is 6.42 Å². The molecule has 6 heteroatoms. The molecule has 2 rings (SSSR count). The maximum atomic E-state index is 12.5. The van der Waals surface area contributed by atoms with Gasteiger partial charge in [0.15, 0.2) is 0 Å². The third-order valence-electron chi connectivity index (χ3n) is 5.71. The zero-order chi connectivity index (χ0) is 17.0. The minimum absolute atomic E-state index is 0.0347. The zero-order valence-electron chi connectivity index (χ0n) is 14.8. The third-order valence-corrected chi connectivity index (χ3v) is 7.79. The van der Waals surface area contributed by atoms with Crippen LogP contribution in [0, 0.1) is 17.8 Å². The molecule has 1 heterocycles. The van der Waals surface area contributed by atoms with E-state index in [1.54, 1.807) is 4.31 Å². The molecular weight excluding hydrogens is 312 g/mol. The summed E-state index contributed by atoms with van der Waals surface area (Å²) in [6.45, 7) is 7.34. The fraction of sp³-hybridized carbons (Fsp3) is 0.941. The molecule has 1 aliphatic heterocycles. The average molecular weight is 345 g/mol. The summed E-state index contributed by atoms with van der Waals surface area (Å²) in [4.78, 5) is 12.5. The molecule has 2 fully saturated rings. The highest BCUT2D eigenvalue weighted by Gasteiger charge is 2.33. The molecule has 0 aromatic carbocycles. The van der Waals surface area contributed by atoms with E-state index in [4.69, 9.17) is 0 Å². The van der Waals surface area contributed by atoms with Crippen LogP contribution in [0.1, 0.15) is 59.3 Å². The topological polar surface area (TPSA) is 66.5 Å². The summed E-state index contributed by atoms with van der Waals surface area (Å²) in [6, 6.07) is 0.285. The first kappa shape index (κ1) is 18.7. The Morgan fingerprint density at radius 1 is 1.13 bits per heavy atom. The number of sulfonamides is 1. The van der Waals surface area contributed by atoms with Crippen molar-refractivity contribution in [3.8, 4) is 0 Å². The summed E-state index contributed by atoms with van der Waals surface area (Å²) < 4.78 is 25.7. The number of piperidine rings is 1. The van der Waals surface area contributed by atoms with Crippen LogP contribution in [-0.2, 0) is 14.8 Å². The number of hydrogen-bond donors (Lipinski definition) is 1. The molecule has 5 nitrogen and oxygen atoms in total. The molecule has 1 amide bonds. The van der Waals surface area contributed by atoms with Crippen LogP contribution < -0.4 is 5.32 Å². The predicted octanol–water partition coefficient (Wildman–Crippen LogP) is 2.38. The molecule has 0 unspecified atom stereocenters. The highest BCUT2D eigenvalue weighted by atomic mass is 32.2. The highest BCUT2D eigenvalue weighted by Crippen LogP contribution is 2.30. The second kappa shape index (κ2) is 7.97. The first-order chi connectivity index (χ1) is 10.8. The monoisotopic (exact) mass is 344 g/mol. The lowest BCUT2D eigenvalue weighted by atomic mass is 9.78. The number of carbonyl (C=O) groups excluding carboxylic acids is 1. The van der Waals surface area contributed by atoms with Crippen LogP contribution in [0.15, 0.2) is 0 Å². The van der Waals surface area contributed by atoms with Crippen LogP contribution in [0.25, 0.3) is 0 Å². The van der Waals surface area contributed by atoms with Crippen molar-refractivity contribution < 1.29 is 13.2 Å². The Hall–Kier alpha value is -0.620.